The third-order valence-corrected chi connectivity index (χ3v) is 6.41. The van der Waals surface area contributed by atoms with Crippen LogP contribution in [0.4, 0.5) is 5.69 Å². The van der Waals surface area contributed by atoms with Gasteiger partial charge in [-0.3, -0.25) is 9.36 Å². The molecule has 2 aromatic heterocycles. The number of aromatic nitrogens is 4. The standard InChI is InChI=1S/C26H23N5O3S/c1-33-19-12-10-18(11-13-19)31-25(22-15-27-23-9-4-3-8-21(22)23)29-30-26(31)35-16-24(32)28-17-6-5-7-20(14-17)34-2/h3-15,27H,16H2,1-2H3,(H,28,32). The largest absolute Gasteiger partial charge is 0.497 e. The molecule has 0 aliphatic rings. The molecule has 1 amide bonds. The Hall–Kier alpha value is -4.24. The molecule has 176 valence electrons. The Kier molecular flexibility index (Phi) is 6.40. The molecular weight excluding hydrogens is 462 g/mol. The molecule has 0 spiro atoms. The van der Waals surface area contributed by atoms with Crippen molar-refractivity contribution >= 4 is 34.3 Å². The maximum atomic E-state index is 12.7. The van der Waals surface area contributed by atoms with E-state index in [4.69, 9.17) is 9.47 Å². The van der Waals surface area contributed by atoms with Crippen LogP contribution in [0.25, 0.3) is 28.0 Å². The lowest BCUT2D eigenvalue weighted by Gasteiger charge is -2.11. The van der Waals surface area contributed by atoms with Crippen LogP contribution < -0.4 is 14.8 Å². The highest BCUT2D eigenvalue weighted by Gasteiger charge is 2.20. The number of para-hydroxylation sites is 1. The van der Waals surface area contributed by atoms with Crippen LogP contribution >= 0.6 is 11.8 Å². The maximum absolute atomic E-state index is 12.7. The molecule has 0 aliphatic heterocycles. The summed E-state index contributed by atoms with van der Waals surface area (Å²) in [6.07, 6.45) is 1.93. The number of anilines is 1. The fourth-order valence-corrected chi connectivity index (χ4v) is 4.54. The van der Waals surface area contributed by atoms with E-state index in [-0.39, 0.29) is 11.7 Å². The summed E-state index contributed by atoms with van der Waals surface area (Å²) >= 11 is 1.32. The van der Waals surface area contributed by atoms with Crippen LogP contribution in [0, 0.1) is 0 Å². The smallest absolute Gasteiger partial charge is 0.234 e. The fourth-order valence-electron chi connectivity index (χ4n) is 3.79. The molecule has 5 aromatic rings. The number of fused-ring (bicyclic) bond motifs is 1. The average Bonchev–Trinajstić information content (AvgIpc) is 3.51. The first-order valence-electron chi connectivity index (χ1n) is 10.9. The zero-order valence-corrected chi connectivity index (χ0v) is 20.0. The monoisotopic (exact) mass is 485 g/mol. The van der Waals surface area contributed by atoms with E-state index in [1.54, 1.807) is 20.3 Å². The minimum absolute atomic E-state index is 0.152. The lowest BCUT2D eigenvalue weighted by molar-refractivity contribution is -0.113. The molecule has 0 saturated heterocycles. The minimum atomic E-state index is -0.152. The molecule has 0 atom stereocenters. The Morgan fingerprint density at radius 1 is 0.971 bits per heavy atom. The number of hydrogen-bond donors (Lipinski definition) is 2. The van der Waals surface area contributed by atoms with Crippen LogP contribution in [0.1, 0.15) is 0 Å². The van der Waals surface area contributed by atoms with E-state index < -0.39 is 0 Å². The Bertz CT molecular complexity index is 1480. The van der Waals surface area contributed by atoms with Gasteiger partial charge in [-0.25, -0.2) is 0 Å². The predicted octanol–water partition coefficient (Wildman–Crippen LogP) is 5.16. The number of aromatic amines is 1. The van der Waals surface area contributed by atoms with E-state index in [9.17, 15) is 4.79 Å². The van der Waals surface area contributed by atoms with E-state index in [0.29, 0.717) is 22.4 Å². The number of benzene rings is 3. The van der Waals surface area contributed by atoms with Crippen LogP contribution in [0.15, 0.2) is 84.1 Å². The molecule has 9 heteroatoms. The fraction of sp³-hybridized carbons (Fsp3) is 0.115. The van der Waals surface area contributed by atoms with Crippen LogP contribution in [0.5, 0.6) is 11.5 Å². The maximum Gasteiger partial charge on any atom is 0.234 e. The van der Waals surface area contributed by atoms with Gasteiger partial charge in [0.05, 0.1) is 20.0 Å². The van der Waals surface area contributed by atoms with Gasteiger partial charge in [-0.15, -0.1) is 10.2 Å². The van der Waals surface area contributed by atoms with Crippen LogP contribution in [0.2, 0.25) is 0 Å². The Balaban J connectivity index is 1.45. The number of rotatable bonds is 8. The normalized spacial score (nSPS) is 10.9. The third-order valence-electron chi connectivity index (χ3n) is 5.48. The Morgan fingerprint density at radius 2 is 1.77 bits per heavy atom. The predicted molar refractivity (Wildman–Crippen MR) is 138 cm³/mol. The van der Waals surface area contributed by atoms with Gasteiger partial charge in [-0.05, 0) is 42.5 Å². The van der Waals surface area contributed by atoms with Gasteiger partial charge >= 0.3 is 0 Å². The quantitative estimate of drug-likeness (QED) is 0.295. The highest BCUT2D eigenvalue weighted by Crippen LogP contribution is 2.33. The number of amides is 1. The van der Waals surface area contributed by atoms with Gasteiger partial charge in [-0.1, -0.05) is 36.0 Å². The van der Waals surface area contributed by atoms with Crippen molar-refractivity contribution in [3.8, 4) is 28.6 Å². The Morgan fingerprint density at radius 3 is 2.57 bits per heavy atom. The van der Waals surface area contributed by atoms with Crippen molar-refractivity contribution in [1.82, 2.24) is 19.7 Å². The topological polar surface area (TPSA) is 94.1 Å². The zero-order chi connectivity index (χ0) is 24.2. The molecule has 3 aromatic carbocycles. The molecule has 2 heterocycles. The molecule has 35 heavy (non-hydrogen) atoms. The number of thioether (sulfide) groups is 1. The zero-order valence-electron chi connectivity index (χ0n) is 19.2. The summed E-state index contributed by atoms with van der Waals surface area (Å²) < 4.78 is 12.5. The van der Waals surface area contributed by atoms with Gasteiger partial charge in [0, 0.05) is 40.1 Å². The van der Waals surface area contributed by atoms with Crippen molar-refractivity contribution in [2.45, 2.75) is 5.16 Å². The van der Waals surface area contributed by atoms with Gasteiger partial charge in [0.25, 0.3) is 0 Å². The van der Waals surface area contributed by atoms with Crippen molar-refractivity contribution in [3.05, 3.63) is 79.0 Å². The van der Waals surface area contributed by atoms with E-state index in [0.717, 1.165) is 27.9 Å². The first-order chi connectivity index (χ1) is 17.2. The molecule has 0 fully saturated rings. The van der Waals surface area contributed by atoms with Crippen molar-refractivity contribution in [2.75, 3.05) is 25.3 Å². The van der Waals surface area contributed by atoms with Crippen LogP contribution in [-0.4, -0.2) is 45.6 Å². The van der Waals surface area contributed by atoms with Crippen molar-refractivity contribution in [1.29, 1.82) is 0 Å². The Labute approximate surface area is 206 Å². The first-order valence-corrected chi connectivity index (χ1v) is 11.9. The van der Waals surface area contributed by atoms with Crippen molar-refractivity contribution in [3.63, 3.8) is 0 Å². The number of ether oxygens (including phenoxy) is 2. The van der Waals surface area contributed by atoms with Gasteiger partial charge < -0.3 is 19.8 Å². The molecular formula is C26H23N5O3S. The molecule has 0 unspecified atom stereocenters. The lowest BCUT2D eigenvalue weighted by Crippen LogP contribution is -2.14. The second-order valence-electron chi connectivity index (χ2n) is 7.66. The highest BCUT2D eigenvalue weighted by molar-refractivity contribution is 7.99. The van der Waals surface area contributed by atoms with Crippen molar-refractivity contribution < 1.29 is 14.3 Å². The van der Waals surface area contributed by atoms with Crippen LogP contribution in [0.3, 0.4) is 0 Å². The average molecular weight is 486 g/mol. The summed E-state index contributed by atoms with van der Waals surface area (Å²) in [5.74, 6) is 2.13. The van der Waals surface area contributed by atoms with Gasteiger partial charge in [0.15, 0.2) is 11.0 Å². The van der Waals surface area contributed by atoms with Gasteiger partial charge in [-0.2, -0.15) is 0 Å². The summed E-state index contributed by atoms with van der Waals surface area (Å²) in [5, 5.41) is 13.5. The molecule has 0 radical (unpaired) electrons. The van der Waals surface area contributed by atoms with E-state index >= 15 is 0 Å². The molecule has 2 N–H and O–H groups in total. The number of H-pyrrole nitrogens is 1. The summed E-state index contributed by atoms with van der Waals surface area (Å²) in [7, 11) is 3.22. The third kappa shape index (κ3) is 4.71. The minimum Gasteiger partial charge on any atom is -0.497 e. The van der Waals surface area contributed by atoms with Crippen molar-refractivity contribution in [2.24, 2.45) is 0 Å². The molecule has 8 nitrogen and oxygen atoms in total. The van der Waals surface area contributed by atoms with Gasteiger partial charge in [0.1, 0.15) is 11.5 Å². The molecule has 0 bridgehead atoms. The highest BCUT2D eigenvalue weighted by atomic mass is 32.2. The number of carbonyl (C=O) groups excluding carboxylic acids is 1. The van der Waals surface area contributed by atoms with Gasteiger partial charge in [0.2, 0.25) is 5.91 Å². The first kappa shape index (κ1) is 22.5. The number of hydrogen-bond acceptors (Lipinski definition) is 6. The molecule has 0 saturated carbocycles. The molecule has 5 rings (SSSR count). The summed E-state index contributed by atoms with van der Waals surface area (Å²) in [6, 6.07) is 23.0. The summed E-state index contributed by atoms with van der Waals surface area (Å²) in [6.45, 7) is 0. The number of nitrogens with zero attached hydrogens (tertiary/aromatic N) is 3. The number of methoxy groups -OCH3 is 2. The summed E-state index contributed by atoms with van der Waals surface area (Å²) in [4.78, 5) is 16.0. The number of carbonyl (C=O) groups is 1. The SMILES string of the molecule is COc1ccc(-n2c(SCC(=O)Nc3cccc(OC)c3)nnc2-c2c[nH]c3ccccc23)cc1. The van der Waals surface area contributed by atoms with Crippen LogP contribution in [-0.2, 0) is 4.79 Å². The summed E-state index contributed by atoms with van der Waals surface area (Å²) in [5.41, 5.74) is 3.48. The lowest BCUT2D eigenvalue weighted by atomic mass is 10.1. The van der Waals surface area contributed by atoms with E-state index in [2.05, 4.69) is 20.5 Å². The van der Waals surface area contributed by atoms with E-state index in [1.165, 1.54) is 11.8 Å². The number of nitrogens with one attached hydrogen (secondary N) is 2. The second-order valence-corrected chi connectivity index (χ2v) is 8.60. The second kappa shape index (κ2) is 9.94. The van der Waals surface area contributed by atoms with E-state index in [1.807, 2.05) is 77.5 Å². The molecule has 0 aliphatic carbocycles.